The van der Waals surface area contributed by atoms with Crippen LogP contribution in [0.4, 0.5) is 13.2 Å². The number of phenols is 1. The zero-order valence-corrected chi connectivity index (χ0v) is 8.43. The lowest BCUT2D eigenvalue weighted by atomic mass is 10.1. The van der Waals surface area contributed by atoms with Gasteiger partial charge in [0.05, 0.1) is 4.47 Å². The number of halogens is 4. The van der Waals surface area contributed by atoms with Gasteiger partial charge in [0.15, 0.2) is 0 Å². The van der Waals surface area contributed by atoms with E-state index in [0.717, 1.165) is 6.07 Å². The Balaban J connectivity index is 3.03. The number of hydrogen-bond acceptors (Lipinski definition) is 2. The number of aromatic hydroxyl groups is 1. The highest BCUT2D eigenvalue weighted by Gasteiger charge is 2.37. The van der Waals surface area contributed by atoms with Gasteiger partial charge in [-0.25, -0.2) is 0 Å². The molecule has 0 aliphatic carbocycles. The van der Waals surface area contributed by atoms with E-state index in [1.54, 1.807) is 0 Å². The smallest absolute Gasteiger partial charge is 0.407 e. The second-order valence-electron chi connectivity index (χ2n) is 2.73. The molecule has 6 heteroatoms. The lowest BCUT2D eigenvalue weighted by Gasteiger charge is -2.16. The van der Waals surface area contributed by atoms with Gasteiger partial charge in [-0.2, -0.15) is 13.2 Å². The molecule has 0 saturated carbocycles. The minimum absolute atomic E-state index is 0.168. The van der Waals surface area contributed by atoms with Crippen LogP contribution in [0.15, 0.2) is 22.7 Å². The molecule has 0 radical (unpaired) electrons. The average molecular weight is 270 g/mol. The van der Waals surface area contributed by atoms with Gasteiger partial charge in [-0.3, -0.25) is 0 Å². The SMILES string of the molecule is N[C@@H](c1ccc(Br)c(O)c1)C(F)(F)F. The minimum Gasteiger partial charge on any atom is -0.507 e. The fraction of sp³-hybridized carbons (Fsp3) is 0.250. The van der Waals surface area contributed by atoms with E-state index in [4.69, 9.17) is 10.8 Å². The number of hydrogen-bond donors (Lipinski definition) is 2. The second kappa shape index (κ2) is 3.78. The van der Waals surface area contributed by atoms with Gasteiger partial charge in [0.2, 0.25) is 0 Å². The third-order valence-corrected chi connectivity index (χ3v) is 2.35. The molecule has 3 N–H and O–H groups in total. The topological polar surface area (TPSA) is 46.2 Å². The molecule has 78 valence electrons. The highest BCUT2D eigenvalue weighted by atomic mass is 79.9. The van der Waals surface area contributed by atoms with Crippen molar-refractivity contribution in [3.05, 3.63) is 28.2 Å². The van der Waals surface area contributed by atoms with Crippen LogP contribution in [0.25, 0.3) is 0 Å². The van der Waals surface area contributed by atoms with Gasteiger partial charge in [-0.1, -0.05) is 6.07 Å². The van der Waals surface area contributed by atoms with E-state index in [1.807, 2.05) is 0 Å². The quantitative estimate of drug-likeness (QED) is 0.824. The summed E-state index contributed by atoms with van der Waals surface area (Å²) in [5.41, 5.74) is 4.77. The molecule has 14 heavy (non-hydrogen) atoms. The van der Waals surface area contributed by atoms with Crippen molar-refractivity contribution in [2.75, 3.05) is 0 Å². The summed E-state index contributed by atoms with van der Waals surface area (Å²) in [4.78, 5) is 0. The van der Waals surface area contributed by atoms with Crippen LogP contribution in [0.1, 0.15) is 11.6 Å². The molecule has 1 atom stereocenters. The average Bonchev–Trinajstić information content (AvgIpc) is 2.07. The zero-order valence-electron chi connectivity index (χ0n) is 6.85. The molecular weight excluding hydrogens is 263 g/mol. The summed E-state index contributed by atoms with van der Waals surface area (Å²) in [5.74, 6) is -0.262. The number of phenolic OH excluding ortho intramolecular Hbond substituents is 1. The van der Waals surface area contributed by atoms with Crippen molar-refractivity contribution in [3.63, 3.8) is 0 Å². The van der Waals surface area contributed by atoms with Crippen molar-refractivity contribution in [2.24, 2.45) is 5.73 Å². The van der Waals surface area contributed by atoms with Crippen LogP contribution in [-0.4, -0.2) is 11.3 Å². The Kier molecular flexibility index (Phi) is 3.06. The van der Waals surface area contributed by atoms with Crippen LogP contribution in [0, 0.1) is 0 Å². The standard InChI is InChI=1S/C8H7BrF3NO/c9-5-2-1-4(3-6(5)14)7(13)8(10,11)12/h1-3,7,14H,13H2/t7-/m0/s1. The van der Waals surface area contributed by atoms with Crippen LogP contribution in [0.2, 0.25) is 0 Å². The predicted molar refractivity (Wildman–Crippen MR) is 48.8 cm³/mol. The fourth-order valence-corrected chi connectivity index (χ4v) is 1.16. The largest absolute Gasteiger partial charge is 0.507 e. The van der Waals surface area contributed by atoms with Gasteiger partial charge in [-0.15, -0.1) is 0 Å². The fourth-order valence-electron chi connectivity index (χ4n) is 0.912. The monoisotopic (exact) mass is 269 g/mol. The maximum absolute atomic E-state index is 12.1. The van der Waals surface area contributed by atoms with Crippen LogP contribution < -0.4 is 5.73 Å². The van der Waals surface area contributed by atoms with Crippen LogP contribution in [0.3, 0.4) is 0 Å². The highest BCUT2D eigenvalue weighted by molar-refractivity contribution is 9.10. The molecule has 0 aliphatic rings. The Bertz CT molecular complexity index is 340. The summed E-state index contributed by atoms with van der Waals surface area (Å²) >= 11 is 2.96. The van der Waals surface area contributed by atoms with Crippen molar-refractivity contribution in [1.29, 1.82) is 0 Å². The first kappa shape index (κ1) is 11.3. The minimum atomic E-state index is -4.50. The number of alkyl halides is 3. The van der Waals surface area contributed by atoms with Crippen molar-refractivity contribution in [1.82, 2.24) is 0 Å². The summed E-state index contributed by atoms with van der Waals surface area (Å²) in [6.45, 7) is 0. The number of nitrogens with two attached hydrogens (primary N) is 1. The Hall–Kier alpha value is -0.750. The van der Waals surface area contributed by atoms with E-state index in [9.17, 15) is 13.2 Å². The Morgan fingerprint density at radius 2 is 1.93 bits per heavy atom. The Morgan fingerprint density at radius 1 is 1.36 bits per heavy atom. The summed E-state index contributed by atoms with van der Waals surface area (Å²) in [6, 6.07) is 1.45. The van der Waals surface area contributed by atoms with Crippen molar-refractivity contribution >= 4 is 15.9 Å². The summed E-state index contributed by atoms with van der Waals surface area (Å²) in [6.07, 6.45) is -4.50. The molecule has 2 nitrogen and oxygen atoms in total. The maximum atomic E-state index is 12.1. The molecular formula is C8H7BrF3NO. The van der Waals surface area contributed by atoms with E-state index in [0.29, 0.717) is 4.47 Å². The lowest BCUT2D eigenvalue weighted by molar-refractivity contribution is -0.149. The lowest BCUT2D eigenvalue weighted by Crippen LogP contribution is -2.28. The van der Waals surface area contributed by atoms with Gasteiger partial charge in [0.25, 0.3) is 0 Å². The molecule has 0 amide bonds. The molecule has 0 saturated heterocycles. The molecule has 0 spiro atoms. The normalized spacial score (nSPS) is 14.1. The third kappa shape index (κ3) is 2.39. The van der Waals surface area contributed by atoms with Crippen molar-refractivity contribution in [3.8, 4) is 5.75 Å². The van der Waals surface area contributed by atoms with Gasteiger partial charge in [0.1, 0.15) is 11.8 Å². The Morgan fingerprint density at radius 3 is 2.36 bits per heavy atom. The molecule has 0 aromatic heterocycles. The molecule has 1 rings (SSSR count). The first-order valence-corrected chi connectivity index (χ1v) is 4.42. The molecule has 0 aliphatic heterocycles. The summed E-state index contributed by atoms with van der Waals surface area (Å²) in [7, 11) is 0. The van der Waals surface area contributed by atoms with Crippen molar-refractivity contribution < 1.29 is 18.3 Å². The molecule has 0 heterocycles. The summed E-state index contributed by atoms with van der Waals surface area (Å²) in [5, 5.41) is 9.14. The predicted octanol–water partition coefficient (Wildman–Crippen LogP) is 2.72. The Labute approximate surface area is 86.7 Å². The van der Waals surface area contributed by atoms with Crippen LogP contribution in [-0.2, 0) is 0 Å². The van der Waals surface area contributed by atoms with Gasteiger partial charge >= 0.3 is 6.18 Å². The van der Waals surface area contributed by atoms with E-state index < -0.39 is 12.2 Å². The molecule has 0 unspecified atom stereocenters. The molecule has 1 aromatic rings. The molecule has 0 fully saturated rings. The van der Waals surface area contributed by atoms with Gasteiger partial charge in [0, 0.05) is 0 Å². The zero-order chi connectivity index (χ0) is 10.9. The molecule has 1 aromatic carbocycles. The highest BCUT2D eigenvalue weighted by Crippen LogP contribution is 2.33. The van der Waals surface area contributed by atoms with E-state index in [1.165, 1.54) is 12.1 Å². The molecule has 0 bridgehead atoms. The third-order valence-electron chi connectivity index (χ3n) is 1.68. The van der Waals surface area contributed by atoms with Crippen LogP contribution in [0.5, 0.6) is 5.75 Å². The van der Waals surface area contributed by atoms with E-state index in [2.05, 4.69) is 15.9 Å². The second-order valence-corrected chi connectivity index (χ2v) is 3.58. The van der Waals surface area contributed by atoms with Crippen LogP contribution >= 0.6 is 15.9 Å². The maximum Gasteiger partial charge on any atom is 0.407 e. The first-order valence-electron chi connectivity index (χ1n) is 3.63. The first-order chi connectivity index (χ1) is 6.32. The number of benzene rings is 1. The van der Waals surface area contributed by atoms with Gasteiger partial charge < -0.3 is 10.8 Å². The van der Waals surface area contributed by atoms with E-state index >= 15 is 0 Å². The summed E-state index contributed by atoms with van der Waals surface area (Å²) < 4.78 is 36.8. The van der Waals surface area contributed by atoms with Gasteiger partial charge in [-0.05, 0) is 33.6 Å². The number of rotatable bonds is 1. The van der Waals surface area contributed by atoms with Crippen molar-refractivity contribution in [2.45, 2.75) is 12.2 Å². The van der Waals surface area contributed by atoms with E-state index in [-0.39, 0.29) is 11.3 Å².